The minimum absolute atomic E-state index is 0.112. The Hall–Kier alpha value is -2.96. The van der Waals surface area contributed by atoms with Gasteiger partial charge in [0.2, 0.25) is 5.91 Å². The molecule has 1 aliphatic heterocycles. The van der Waals surface area contributed by atoms with Gasteiger partial charge in [0, 0.05) is 26.7 Å². The number of piperazine rings is 1. The summed E-state index contributed by atoms with van der Waals surface area (Å²) in [6.07, 6.45) is 3.28. The highest BCUT2D eigenvalue weighted by atomic mass is 16.2. The number of carbonyl (C=O) groups excluding carboxylic acids is 1. The van der Waals surface area contributed by atoms with Gasteiger partial charge in [0.05, 0.1) is 18.1 Å². The van der Waals surface area contributed by atoms with Gasteiger partial charge in [-0.15, -0.1) is 0 Å². The maximum atomic E-state index is 12.5. The number of benzene rings is 1. The largest absolute Gasteiger partial charge is 0.345 e. The van der Waals surface area contributed by atoms with Crippen molar-refractivity contribution in [1.82, 2.24) is 24.6 Å². The van der Waals surface area contributed by atoms with Crippen LogP contribution in [0.2, 0.25) is 0 Å². The second-order valence-electron chi connectivity index (χ2n) is 5.93. The van der Waals surface area contributed by atoms with Gasteiger partial charge >= 0.3 is 0 Å². The van der Waals surface area contributed by atoms with Crippen LogP contribution in [0.1, 0.15) is 5.56 Å². The maximum Gasteiger partial charge on any atom is 0.242 e. The summed E-state index contributed by atoms with van der Waals surface area (Å²) in [4.78, 5) is 25.1. The first-order chi connectivity index (χ1) is 11.7. The molecule has 4 rings (SSSR count). The molecule has 7 heteroatoms. The quantitative estimate of drug-likeness (QED) is 0.725. The average Bonchev–Trinajstić information content (AvgIpc) is 2.99. The van der Waals surface area contributed by atoms with E-state index in [9.17, 15) is 4.79 Å². The van der Waals surface area contributed by atoms with Crippen molar-refractivity contribution in [2.75, 3.05) is 24.5 Å². The monoisotopic (exact) mass is 322 g/mol. The maximum absolute atomic E-state index is 12.5. The van der Waals surface area contributed by atoms with Gasteiger partial charge in [-0.3, -0.25) is 9.48 Å². The van der Waals surface area contributed by atoms with Gasteiger partial charge in [-0.2, -0.15) is 5.10 Å². The zero-order valence-corrected chi connectivity index (χ0v) is 13.5. The molecule has 7 nitrogen and oxygen atoms in total. The Bertz CT molecular complexity index is 875. The molecule has 2 aromatic heterocycles. The zero-order valence-electron chi connectivity index (χ0n) is 13.5. The number of hydrogen-bond donors (Lipinski definition) is 0. The van der Waals surface area contributed by atoms with Crippen molar-refractivity contribution in [2.45, 2.75) is 6.54 Å². The SMILES string of the molecule is Cn1ncc2c(N3CCN(Cc4ccccc4)C(=O)C3)ncnc21. The highest BCUT2D eigenvalue weighted by molar-refractivity contribution is 5.90. The van der Waals surface area contributed by atoms with E-state index in [-0.39, 0.29) is 5.91 Å². The van der Waals surface area contributed by atoms with Crippen molar-refractivity contribution < 1.29 is 4.79 Å². The fourth-order valence-corrected chi connectivity index (χ4v) is 3.06. The number of anilines is 1. The van der Waals surface area contributed by atoms with Crippen LogP contribution in [0.15, 0.2) is 42.9 Å². The van der Waals surface area contributed by atoms with Gasteiger partial charge in [0.1, 0.15) is 12.1 Å². The molecule has 3 aromatic rings. The Kier molecular flexibility index (Phi) is 3.60. The molecule has 0 unspecified atom stereocenters. The number of nitrogens with zero attached hydrogens (tertiary/aromatic N) is 6. The predicted octanol–water partition coefficient (Wildman–Crippen LogP) is 1.21. The van der Waals surface area contributed by atoms with Gasteiger partial charge in [-0.05, 0) is 5.56 Å². The molecule has 1 amide bonds. The van der Waals surface area contributed by atoms with Gasteiger partial charge < -0.3 is 9.80 Å². The molecular weight excluding hydrogens is 304 g/mol. The lowest BCUT2D eigenvalue weighted by Crippen LogP contribution is -2.50. The average molecular weight is 322 g/mol. The summed E-state index contributed by atoms with van der Waals surface area (Å²) in [5.41, 5.74) is 1.93. The first-order valence-electron chi connectivity index (χ1n) is 7.92. The number of amides is 1. The molecule has 1 saturated heterocycles. The molecule has 3 heterocycles. The van der Waals surface area contributed by atoms with Gasteiger partial charge in [0.25, 0.3) is 0 Å². The standard InChI is InChI=1S/C17H18N6O/c1-21-16-14(9-20-21)17(19-12-18-16)23-8-7-22(15(24)11-23)10-13-5-3-2-4-6-13/h2-6,9,12H,7-8,10-11H2,1H3. The van der Waals surface area contributed by atoms with Crippen molar-refractivity contribution in [3.8, 4) is 0 Å². The van der Waals surface area contributed by atoms with Crippen LogP contribution in [0, 0.1) is 0 Å². The third kappa shape index (κ3) is 2.58. The van der Waals surface area contributed by atoms with Crippen LogP contribution in [-0.4, -0.2) is 50.2 Å². The number of hydrogen-bond acceptors (Lipinski definition) is 5. The number of fused-ring (bicyclic) bond motifs is 1. The summed E-state index contributed by atoms with van der Waals surface area (Å²) in [5.74, 6) is 0.890. The first-order valence-corrected chi connectivity index (χ1v) is 7.92. The third-order valence-corrected chi connectivity index (χ3v) is 4.34. The second-order valence-corrected chi connectivity index (χ2v) is 5.93. The van der Waals surface area contributed by atoms with Gasteiger partial charge in [-0.1, -0.05) is 30.3 Å². The molecule has 0 spiro atoms. The molecule has 122 valence electrons. The summed E-state index contributed by atoms with van der Waals surface area (Å²) < 4.78 is 1.72. The van der Waals surface area contributed by atoms with Gasteiger partial charge in [-0.25, -0.2) is 9.97 Å². The predicted molar refractivity (Wildman–Crippen MR) is 90.4 cm³/mol. The van der Waals surface area contributed by atoms with Crippen molar-refractivity contribution >= 4 is 22.8 Å². The lowest BCUT2D eigenvalue weighted by atomic mass is 10.2. The Labute approximate surface area is 139 Å². The summed E-state index contributed by atoms with van der Waals surface area (Å²) in [5, 5.41) is 5.11. The Morgan fingerprint density at radius 3 is 2.75 bits per heavy atom. The third-order valence-electron chi connectivity index (χ3n) is 4.34. The number of aromatic nitrogens is 4. The number of rotatable bonds is 3. The minimum Gasteiger partial charge on any atom is -0.345 e. The Morgan fingerprint density at radius 1 is 1.12 bits per heavy atom. The fourth-order valence-electron chi connectivity index (χ4n) is 3.06. The normalized spacial score (nSPS) is 15.3. The zero-order chi connectivity index (χ0) is 16.5. The molecule has 24 heavy (non-hydrogen) atoms. The van der Waals surface area contributed by atoms with E-state index in [1.54, 1.807) is 10.9 Å². The minimum atomic E-state index is 0.112. The van der Waals surface area contributed by atoms with Crippen molar-refractivity contribution in [3.63, 3.8) is 0 Å². The topological polar surface area (TPSA) is 67.2 Å². The lowest BCUT2D eigenvalue weighted by molar-refractivity contribution is -0.131. The van der Waals surface area contributed by atoms with Crippen molar-refractivity contribution in [3.05, 3.63) is 48.4 Å². The fraction of sp³-hybridized carbons (Fsp3) is 0.294. The van der Waals surface area contributed by atoms with E-state index in [1.807, 2.05) is 47.2 Å². The molecule has 1 aromatic carbocycles. The van der Waals surface area contributed by atoms with E-state index in [0.717, 1.165) is 29.0 Å². The molecule has 0 N–H and O–H groups in total. The highest BCUT2D eigenvalue weighted by Gasteiger charge is 2.26. The summed E-state index contributed by atoms with van der Waals surface area (Å²) >= 11 is 0. The van der Waals surface area contributed by atoms with E-state index in [4.69, 9.17) is 0 Å². The molecule has 0 radical (unpaired) electrons. The molecule has 0 saturated carbocycles. The lowest BCUT2D eigenvalue weighted by Gasteiger charge is -2.35. The van der Waals surface area contributed by atoms with Crippen molar-refractivity contribution in [2.24, 2.45) is 7.05 Å². The summed E-state index contributed by atoms with van der Waals surface area (Å²) in [6.45, 7) is 2.41. The van der Waals surface area contributed by atoms with E-state index in [0.29, 0.717) is 19.6 Å². The molecule has 0 bridgehead atoms. The van der Waals surface area contributed by atoms with Crippen LogP contribution in [0.4, 0.5) is 5.82 Å². The van der Waals surface area contributed by atoms with Crippen LogP contribution in [0.3, 0.4) is 0 Å². The smallest absolute Gasteiger partial charge is 0.242 e. The summed E-state index contributed by atoms with van der Waals surface area (Å²) in [6, 6.07) is 10.1. The van der Waals surface area contributed by atoms with E-state index >= 15 is 0 Å². The summed E-state index contributed by atoms with van der Waals surface area (Å²) in [7, 11) is 1.85. The number of carbonyl (C=O) groups is 1. The first kappa shape index (κ1) is 14.6. The van der Waals surface area contributed by atoms with E-state index < -0.39 is 0 Å². The van der Waals surface area contributed by atoms with E-state index in [2.05, 4.69) is 15.1 Å². The molecule has 0 aliphatic carbocycles. The Morgan fingerprint density at radius 2 is 1.96 bits per heavy atom. The van der Waals surface area contributed by atoms with Crippen LogP contribution in [0.5, 0.6) is 0 Å². The van der Waals surface area contributed by atoms with Gasteiger partial charge in [0.15, 0.2) is 5.65 Å². The number of aryl methyl sites for hydroxylation is 1. The van der Waals surface area contributed by atoms with E-state index in [1.165, 1.54) is 6.33 Å². The molecule has 1 aliphatic rings. The van der Waals surface area contributed by atoms with Crippen LogP contribution < -0.4 is 4.90 Å². The van der Waals surface area contributed by atoms with Crippen LogP contribution in [-0.2, 0) is 18.4 Å². The van der Waals surface area contributed by atoms with Crippen LogP contribution >= 0.6 is 0 Å². The molecular formula is C17H18N6O. The Balaban J connectivity index is 1.53. The van der Waals surface area contributed by atoms with Crippen LogP contribution in [0.25, 0.3) is 11.0 Å². The highest BCUT2D eigenvalue weighted by Crippen LogP contribution is 2.23. The second kappa shape index (κ2) is 5.92. The molecule has 0 atom stereocenters. The molecule has 1 fully saturated rings. The van der Waals surface area contributed by atoms with Crippen molar-refractivity contribution in [1.29, 1.82) is 0 Å².